The zero-order chi connectivity index (χ0) is 15.4. The van der Waals surface area contributed by atoms with Gasteiger partial charge in [-0.2, -0.15) is 0 Å². The lowest BCUT2D eigenvalue weighted by Crippen LogP contribution is -2.48. The van der Waals surface area contributed by atoms with E-state index in [4.69, 9.17) is 9.47 Å². The highest BCUT2D eigenvalue weighted by molar-refractivity contribution is 5.76. The van der Waals surface area contributed by atoms with Gasteiger partial charge in [0.1, 0.15) is 0 Å². The number of benzene rings is 1. The van der Waals surface area contributed by atoms with Crippen molar-refractivity contribution in [1.29, 1.82) is 0 Å². The van der Waals surface area contributed by atoms with E-state index in [0.717, 1.165) is 32.4 Å². The predicted molar refractivity (Wildman–Crippen MR) is 84.4 cm³/mol. The quantitative estimate of drug-likeness (QED) is 0.858. The second kappa shape index (κ2) is 6.80. The maximum absolute atomic E-state index is 12.5. The van der Waals surface area contributed by atoms with Crippen molar-refractivity contribution in [2.45, 2.75) is 38.4 Å². The molecule has 2 fully saturated rings. The number of carbonyl (C=O) groups is 1. The maximum Gasteiger partial charge on any atom is 0.222 e. The Morgan fingerprint density at radius 1 is 1.27 bits per heavy atom. The van der Waals surface area contributed by atoms with Crippen LogP contribution in [-0.4, -0.2) is 42.9 Å². The minimum Gasteiger partial charge on any atom is -0.347 e. The van der Waals surface area contributed by atoms with Gasteiger partial charge in [-0.05, 0) is 31.7 Å². The Morgan fingerprint density at radius 2 is 2.00 bits per heavy atom. The Hall–Kier alpha value is -1.39. The maximum atomic E-state index is 12.5. The third-order valence-corrected chi connectivity index (χ3v) is 4.85. The molecule has 2 aliphatic heterocycles. The molecule has 4 heteroatoms. The van der Waals surface area contributed by atoms with Gasteiger partial charge in [-0.25, -0.2) is 0 Å². The highest BCUT2D eigenvalue weighted by Gasteiger charge is 2.42. The van der Waals surface area contributed by atoms with Gasteiger partial charge in [0.05, 0.1) is 13.2 Å². The van der Waals surface area contributed by atoms with Crippen LogP contribution in [0.1, 0.15) is 31.7 Å². The van der Waals surface area contributed by atoms with Gasteiger partial charge in [-0.1, -0.05) is 30.3 Å². The zero-order valence-corrected chi connectivity index (χ0v) is 13.3. The number of piperidine rings is 1. The summed E-state index contributed by atoms with van der Waals surface area (Å²) in [7, 11) is 0. The lowest BCUT2D eigenvalue weighted by atomic mass is 9.90. The molecule has 0 aromatic heterocycles. The fourth-order valence-electron chi connectivity index (χ4n) is 3.45. The number of hydrogen-bond acceptors (Lipinski definition) is 3. The molecule has 2 aliphatic rings. The fourth-order valence-corrected chi connectivity index (χ4v) is 3.45. The molecular formula is C18H25NO3. The predicted octanol–water partition coefficient (Wildman–Crippen LogP) is 2.62. The molecule has 0 saturated carbocycles. The van der Waals surface area contributed by atoms with Gasteiger partial charge >= 0.3 is 0 Å². The van der Waals surface area contributed by atoms with Gasteiger partial charge in [-0.3, -0.25) is 4.79 Å². The highest BCUT2D eigenvalue weighted by atomic mass is 16.7. The molecular weight excluding hydrogens is 278 g/mol. The normalized spacial score (nSPS) is 24.4. The molecule has 0 bridgehead atoms. The Morgan fingerprint density at radius 3 is 2.73 bits per heavy atom. The third kappa shape index (κ3) is 3.50. The summed E-state index contributed by atoms with van der Waals surface area (Å²) in [5, 5.41) is 0. The van der Waals surface area contributed by atoms with E-state index >= 15 is 0 Å². The number of aryl methyl sites for hydroxylation is 1. The Labute approximate surface area is 132 Å². The number of amides is 1. The van der Waals surface area contributed by atoms with Gasteiger partial charge < -0.3 is 14.4 Å². The summed E-state index contributed by atoms with van der Waals surface area (Å²) in [6.07, 6.45) is 3.49. The molecule has 3 rings (SSSR count). The number of hydrogen-bond donors (Lipinski definition) is 0. The first-order valence-electron chi connectivity index (χ1n) is 8.27. The van der Waals surface area contributed by atoms with Gasteiger partial charge in [0.15, 0.2) is 5.79 Å². The van der Waals surface area contributed by atoms with Crippen LogP contribution in [0.4, 0.5) is 0 Å². The van der Waals surface area contributed by atoms with E-state index in [9.17, 15) is 4.79 Å². The number of carbonyl (C=O) groups excluding carboxylic acids is 1. The molecule has 0 N–H and O–H groups in total. The SMILES string of the molecule is CC1([C@@H]2CCCN(C(=O)CCc3ccccc3)C2)OCCO1. The van der Waals surface area contributed by atoms with E-state index in [1.54, 1.807) is 0 Å². The minimum absolute atomic E-state index is 0.246. The molecule has 4 nitrogen and oxygen atoms in total. The summed E-state index contributed by atoms with van der Waals surface area (Å²) in [6.45, 7) is 4.96. The van der Waals surface area contributed by atoms with Crippen LogP contribution in [-0.2, 0) is 20.7 Å². The first-order valence-corrected chi connectivity index (χ1v) is 8.27. The first kappa shape index (κ1) is 15.5. The van der Waals surface area contributed by atoms with Crippen LogP contribution < -0.4 is 0 Å². The molecule has 0 unspecified atom stereocenters. The number of likely N-dealkylation sites (tertiary alicyclic amines) is 1. The molecule has 1 aromatic rings. The van der Waals surface area contributed by atoms with Gasteiger partial charge in [-0.15, -0.1) is 0 Å². The Kier molecular flexibility index (Phi) is 4.79. The molecule has 0 radical (unpaired) electrons. The second-order valence-electron chi connectivity index (χ2n) is 6.38. The molecule has 1 amide bonds. The summed E-state index contributed by atoms with van der Waals surface area (Å²) in [4.78, 5) is 14.5. The topological polar surface area (TPSA) is 38.8 Å². The van der Waals surface area contributed by atoms with Crippen LogP contribution in [0.3, 0.4) is 0 Å². The average Bonchev–Trinajstić information content (AvgIpc) is 3.02. The first-order chi connectivity index (χ1) is 10.7. The van der Waals surface area contributed by atoms with Crippen LogP contribution in [0.2, 0.25) is 0 Å². The Bertz CT molecular complexity index is 496. The van der Waals surface area contributed by atoms with Crippen LogP contribution in [0.25, 0.3) is 0 Å². The zero-order valence-electron chi connectivity index (χ0n) is 13.3. The largest absolute Gasteiger partial charge is 0.347 e. The van der Waals surface area contributed by atoms with Crippen molar-refractivity contribution >= 4 is 5.91 Å². The van der Waals surface area contributed by atoms with Crippen molar-refractivity contribution in [2.75, 3.05) is 26.3 Å². The van der Waals surface area contributed by atoms with Crippen LogP contribution in [0, 0.1) is 5.92 Å². The minimum atomic E-state index is -0.502. The summed E-state index contributed by atoms with van der Waals surface area (Å²) in [5.74, 6) is 0.0258. The van der Waals surface area contributed by atoms with E-state index in [1.807, 2.05) is 30.0 Å². The number of rotatable bonds is 4. The molecule has 1 atom stereocenters. The summed E-state index contributed by atoms with van der Waals surface area (Å²) in [6, 6.07) is 10.2. The van der Waals surface area contributed by atoms with E-state index in [2.05, 4.69) is 12.1 Å². The third-order valence-electron chi connectivity index (χ3n) is 4.85. The lowest BCUT2D eigenvalue weighted by Gasteiger charge is -2.40. The molecule has 120 valence electrons. The number of nitrogens with zero attached hydrogens (tertiary/aromatic N) is 1. The molecule has 22 heavy (non-hydrogen) atoms. The fraction of sp³-hybridized carbons (Fsp3) is 0.611. The van der Waals surface area contributed by atoms with Crippen molar-refractivity contribution in [3.8, 4) is 0 Å². The highest BCUT2D eigenvalue weighted by Crippen LogP contribution is 2.34. The smallest absolute Gasteiger partial charge is 0.222 e. The molecule has 2 saturated heterocycles. The van der Waals surface area contributed by atoms with Crippen molar-refractivity contribution in [3.63, 3.8) is 0 Å². The van der Waals surface area contributed by atoms with Crippen LogP contribution in [0.15, 0.2) is 30.3 Å². The Balaban J connectivity index is 1.54. The van der Waals surface area contributed by atoms with E-state index in [0.29, 0.717) is 19.6 Å². The van der Waals surface area contributed by atoms with Crippen molar-refractivity contribution in [1.82, 2.24) is 4.90 Å². The van der Waals surface area contributed by atoms with E-state index in [-0.39, 0.29) is 11.8 Å². The monoisotopic (exact) mass is 303 g/mol. The lowest BCUT2D eigenvalue weighted by molar-refractivity contribution is -0.193. The van der Waals surface area contributed by atoms with Crippen molar-refractivity contribution in [3.05, 3.63) is 35.9 Å². The summed E-state index contributed by atoms with van der Waals surface area (Å²) in [5.41, 5.74) is 1.22. The standard InChI is InChI=1S/C18H25NO3/c1-18(21-12-13-22-18)16-8-5-11-19(14-16)17(20)10-9-15-6-3-2-4-7-15/h2-4,6-7,16H,5,8-14H2,1H3/t16-/m1/s1. The van der Waals surface area contributed by atoms with Gasteiger partial charge in [0, 0.05) is 25.4 Å². The van der Waals surface area contributed by atoms with Crippen molar-refractivity contribution in [2.24, 2.45) is 5.92 Å². The van der Waals surface area contributed by atoms with Gasteiger partial charge in [0.2, 0.25) is 5.91 Å². The number of ether oxygens (including phenoxy) is 2. The average molecular weight is 303 g/mol. The van der Waals surface area contributed by atoms with Gasteiger partial charge in [0.25, 0.3) is 0 Å². The molecule has 0 spiro atoms. The molecule has 2 heterocycles. The van der Waals surface area contributed by atoms with Crippen LogP contribution in [0.5, 0.6) is 0 Å². The van der Waals surface area contributed by atoms with Crippen molar-refractivity contribution < 1.29 is 14.3 Å². The summed E-state index contributed by atoms with van der Waals surface area (Å²) >= 11 is 0. The summed E-state index contributed by atoms with van der Waals surface area (Å²) < 4.78 is 11.6. The van der Waals surface area contributed by atoms with E-state index < -0.39 is 5.79 Å². The van der Waals surface area contributed by atoms with Crippen LogP contribution >= 0.6 is 0 Å². The van der Waals surface area contributed by atoms with E-state index in [1.165, 1.54) is 5.56 Å². The second-order valence-corrected chi connectivity index (χ2v) is 6.38. The molecule has 1 aromatic carbocycles. The molecule has 0 aliphatic carbocycles.